The molecule has 1 N–H and O–H groups in total. The number of hydrogen-bond donors (Lipinski definition) is 1. The smallest absolute Gasteiger partial charge is 0.308 e. The maximum Gasteiger partial charge on any atom is 0.308 e. The van der Waals surface area contributed by atoms with Crippen molar-refractivity contribution in [1.82, 2.24) is 0 Å². The van der Waals surface area contributed by atoms with E-state index in [1.807, 2.05) is 0 Å². The second kappa shape index (κ2) is 3.06. The van der Waals surface area contributed by atoms with Gasteiger partial charge in [0.2, 0.25) is 0 Å². The lowest BCUT2D eigenvalue weighted by Gasteiger charge is -1.92. The Kier molecular flexibility index (Phi) is 1.89. The Morgan fingerprint density at radius 1 is 1.36 bits per heavy atom. The molecule has 0 aromatic heterocycles. The van der Waals surface area contributed by atoms with Gasteiger partial charge in [-0.25, -0.2) is 4.99 Å². The summed E-state index contributed by atoms with van der Waals surface area (Å²) in [6.07, 6.45) is -0.265. The summed E-state index contributed by atoms with van der Waals surface area (Å²) in [6.45, 7) is 0. The van der Waals surface area contributed by atoms with E-state index in [1.54, 1.807) is 24.3 Å². The summed E-state index contributed by atoms with van der Waals surface area (Å²) >= 11 is 0. The van der Waals surface area contributed by atoms with Gasteiger partial charge in [-0.1, -0.05) is 18.2 Å². The minimum absolute atomic E-state index is 0.265. The van der Waals surface area contributed by atoms with E-state index in [0.717, 1.165) is 0 Å². The first-order valence-electron chi connectivity index (χ1n) is 4.11. The Bertz CT molecular complexity index is 531. The molecule has 0 saturated carbocycles. The van der Waals surface area contributed by atoms with E-state index in [-0.39, 0.29) is 12.0 Å². The summed E-state index contributed by atoms with van der Waals surface area (Å²) in [5, 5.41) is 9.80. The standard InChI is InChI=1S/C10H7NO3/c12-9(13)5-7-6-3-1-2-4-8(6)11-10(7)14/h1-4H,5H2,(H,12,13). The molecule has 1 aliphatic heterocycles. The molecule has 1 amide bonds. The molecule has 0 radical (unpaired) electrons. The molecule has 0 aliphatic carbocycles. The lowest BCUT2D eigenvalue weighted by atomic mass is 10.1. The van der Waals surface area contributed by atoms with Gasteiger partial charge in [0.15, 0.2) is 0 Å². The number of amides is 1. The molecule has 0 fully saturated rings. The Morgan fingerprint density at radius 3 is 2.79 bits per heavy atom. The maximum absolute atomic E-state index is 11.3. The van der Waals surface area contributed by atoms with Gasteiger partial charge in [-0.2, -0.15) is 0 Å². The molecular formula is C10H7NO3. The predicted octanol–water partition coefficient (Wildman–Crippen LogP) is -0.528. The third-order valence-corrected chi connectivity index (χ3v) is 2.04. The quantitative estimate of drug-likeness (QED) is 0.680. The van der Waals surface area contributed by atoms with Crippen LogP contribution in [0.2, 0.25) is 0 Å². The van der Waals surface area contributed by atoms with Gasteiger partial charge in [0.05, 0.1) is 11.8 Å². The van der Waals surface area contributed by atoms with Crippen LogP contribution in [-0.2, 0) is 9.59 Å². The topological polar surface area (TPSA) is 66.7 Å². The molecule has 1 aliphatic rings. The number of para-hydroxylation sites is 1. The first-order valence-corrected chi connectivity index (χ1v) is 4.11. The van der Waals surface area contributed by atoms with Crippen molar-refractivity contribution in [3.8, 4) is 0 Å². The van der Waals surface area contributed by atoms with Crippen LogP contribution >= 0.6 is 0 Å². The second-order valence-electron chi connectivity index (χ2n) is 2.98. The highest BCUT2D eigenvalue weighted by atomic mass is 16.4. The Labute approximate surface area is 79.2 Å². The summed E-state index contributed by atoms with van der Waals surface area (Å²) in [7, 11) is 0. The molecule has 0 unspecified atom stereocenters. The minimum Gasteiger partial charge on any atom is -0.481 e. The van der Waals surface area contributed by atoms with E-state index in [2.05, 4.69) is 4.99 Å². The highest BCUT2D eigenvalue weighted by Gasteiger charge is 2.18. The van der Waals surface area contributed by atoms with Crippen LogP contribution in [0.25, 0.3) is 5.57 Å². The number of aliphatic carboxylic acids is 1. The van der Waals surface area contributed by atoms with Gasteiger partial charge in [-0.3, -0.25) is 9.59 Å². The van der Waals surface area contributed by atoms with Gasteiger partial charge in [-0.15, -0.1) is 0 Å². The fourth-order valence-electron chi connectivity index (χ4n) is 1.44. The van der Waals surface area contributed by atoms with Gasteiger partial charge in [0.25, 0.3) is 5.91 Å². The number of rotatable bonds is 2. The number of carbonyl (C=O) groups excluding carboxylic acids is 1. The number of carboxylic acid groups (broad SMARTS) is 1. The van der Waals surface area contributed by atoms with Crippen LogP contribution in [0.4, 0.5) is 0 Å². The monoisotopic (exact) mass is 189 g/mol. The SMILES string of the molecule is O=C(O)CC1=c2ccccc2=NC1=O. The summed E-state index contributed by atoms with van der Waals surface area (Å²) in [4.78, 5) is 25.5. The summed E-state index contributed by atoms with van der Waals surface area (Å²) in [6, 6.07) is 6.93. The minimum atomic E-state index is -1.01. The van der Waals surface area contributed by atoms with Crippen LogP contribution in [-0.4, -0.2) is 17.0 Å². The summed E-state index contributed by atoms with van der Waals surface area (Å²) < 4.78 is 0. The molecule has 2 rings (SSSR count). The highest BCUT2D eigenvalue weighted by molar-refractivity contribution is 6.18. The lowest BCUT2D eigenvalue weighted by molar-refractivity contribution is -0.136. The van der Waals surface area contributed by atoms with Crippen molar-refractivity contribution in [2.24, 2.45) is 4.99 Å². The van der Waals surface area contributed by atoms with Gasteiger partial charge >= 0.3 is 5.97 Å². The molecule has 0 bridgehead atoms. The first kappa shape index (κ1) is 8.62. The van der Waals surface area contributed by atoms with Crippen molar-refractivity contribution in [2.75, 3.05) is 0 Å². The number of benzene rings is 1. The Hall–Kier alpha value is -1.97. The molecule has 4 nitrogen and oxygen atoms in total. The first-order chi connectivity index (χ1) is 6.68. The van der Waals surface area contributed by atoms with Crippen LogP contribution in [0.1, 0.15) is 6.42 Å². The lowest BCUT2D eigenvalue weighted by Crippen LogP contribution is -2.22. The molecule has 4 heteroatoms. The zero-order valence-corrected chi connectivity index (χ0v) is 7.23. The van der Waals surface area contributed by atoms with Crippen molar-refractivity contribution in [1.29, 1.82) is 0 Å². The molecule has 0 atom stereocenters. The number of nitrogens with zero attached hydrogens (tertiary/aromatic N) is 1. The van der Waals surface area contributed by atoms with Crippen LogP contribution in [0.5, 0.6) is 0 Å². The molecule has 1 heterocycles. The van der Waals surface area contributed by atoms with Gasteiger partial charge in [-0.05, 0) is 6.07 Å². The molecule has 1 aromatic rings. The highest BCUT2D eigenvalue weighted by Crippen LogP contribution is 2.05. The number of hydrogen-bond acceptors (Lipinski definition) is 2. The van der Waals surface area contributed by atoms with Crippen molar-refractivity contribution >= 4 is 17.4 Å². The van der Waals surface area contributed by atoms with Gasteiger partial charge in [0.1, 0.15) is 0 Å². The van der Waals surface area contributed by atoms with E-state index in [1.165, 1.54) is 0 Å². The summed E-state index contributed by atoms with van der Waals surface area (Å²) in [5.41, 5.74) is 0.271. The van der Waals surface area contributed by atoms with E-state index < -0.39 is 11.9 Å². The molecule has 0 spiro atoms. The number of fused-ring (bicyclic) bond motifs is 1. The van der Waals surface area contributed by atoms with Crippen molar-refractivity contribution in [3.63, 3.8) is 0 Å². The van der Waals surface area contributed by atoms with E-state index in [0.29, 0.717) is 10.6 Å². The van der Waals surface area contributed by atoms with Gasteiger partial charge in [0, 0.05) is 10.8 Å². The van der Waals surface area contributed by atoms with Crippen LogP contribution in [0, 0.1) is 0 Å². The predicted molar refractivity (Wildman–Crippen MR) is 47.9 cm³/mol. The maximum atomic E-state index is 11.3. The molecule has 1 aromatic carbocycles. The van der Waals surface area contributed by atoms with Crippen LogP contribution < -0.4 is 10.6 Å². The molecule has 14 heavy (non-hydrogen) atoms. The Morgan fingerprint density at radius 2 is 2.07 bits per heavy atom. The second-order valence-corrected chi connectivity index (χ2v) is 2.98. The molecular weight excluding hydrogens is 182 g/mol. The van der Waals surface area contributed by atoms with Crippen LogP contribution in [0.3, 0.4) is 0 Å². The van der Waals surface area contributed by atoms with Crippen LogP contribution in [0.15, 0.2) is 29.3 Å². The zero-order chi connectivity index (χ0) is 10.1. The van der Waals surface area contributed by atoms with Crippen molar-refractivity contribution in [2.45, 2.75) is 6.42 Å². The average molecular weight is 189 g/mol. The molecule has 70 valence electrons. The molecule has 0 saturated heterocycles. The fourth-order valence-corrected chi connectivity index (χ4v) is 1.44. The van der Waals surface area contributed by atoms with Crippen molar-refractivity contribution < 1.29 is 14.7 Å². The average Bonchev–Trinajstić information content (AvgIpc) is 2.43. The van der Waals surface area contributed by atoms with E-state index in [4.69, 9.17) is 5.11 Å². The Balaban J connectivity index is 2.66. The van der Waals surface area contributed by atoms with Gasteiger partial charge < -0.3 is 5.11 Å². The number of carbonyl (C=O) groups is 2. The van der Waals surface area contributed by atoms with Crippen molar-refractivity contribution in [3.05, 3.63) is 34.8 Å². The third-order valence-electron chi connectivity index (χ3n) is 2.04. The normalized spacial score (nSPS) is 13.7. The summed E-state index contributed by atoms with van der Waals surface area (Å²) in [5.74, 6) is -1.45. The van der Waals surface area contributed by atoms with E-state index in [9.17, 15) is 9.59 Å². The number of carboxylic acids is 1. The van der Waals surface area contributed by atoms with E-state index >= 15 is 0 Å². The largest absolute Gasteiger partial charge is 0.481 e. The zero-order valence-electron chi connectivity index (χ0n) is 7.23. The third kappa shape index (κ3) is 1.31. The fraction of sp³-hybridized carbons (Fsp3) is 0.100.